The third-order valence-electron chi connectivity index (χ3n) is 10.3. The molecule has 0 aromatic heterocycles. The number of aromatic hydroxyl groups is 1. The van der Waals surface area contributed by atoms with Gasteiger partial charge < -0.3 is 20.4 Å². The largest absolute Gasteiger partial charge is 0.508 e. The summed E-state index contributed by atoms with van der Waals surface area (Å²) >= 11 is 0. The molecule has 1 fully saturated rings. The Morgan fingerprint density at radius 2 is 1.70 bits per heavy atom. The topological polar surface area (TPSA) is 132 Å². The first-order valence-electron chi connectivity index (χ1n) is 15.3. The molecule has 0 amide bonds. The van der Waals surface area contributed by atoms with E-state index in [1.54, 1.807) is 20.8 Å². The fourth-order valence-corrected chi connectivity index (χ4v) is 8.62. The Morgan fingerprint density at radius 1 is 1.02 bits per heavy atom. The van der Waals surface area contributed by atoms with E-state index in [1.807, 2.05) is 19.1 Å². The molecule has 2 aromatic rings. The van der Waals surface area contributed by atoms with Gasteiger partial charge in [0.2, 0.25) is 5.78 Å². The van der Waals surface area contributed by atoms with Crippen molar-refractivity contribution >= 4 is 23.1 Å². The average Bonchev–Trinajstić information content (AvgIpc) is 2.91. The summed E-state index contributed by atoms with van der Waals surface area (Å²) in [5, 5.41) is 46.4. The number of Topliss-reactive ketones (excluding diaryl/α,β-unsaturated/α-hetero) is 3. The predicted molar refractivity (Wildman–Crippen MR) is 165 cm³/mol. The van der Waals surface area contributed by atoms with Gasteiger partial charge in [-0.1, -0.05) is 72.2 Å². The molecule has 43 heavy (non-hydrogen) atoms. The van der Waals surface area contributed by atoms with Crippen LogP contribution in [0.5, 0.6) is 5.75 Å². The van der Waals surface area contributed by atoms with Gasteiger partial charge >= 0.3 is 0 Å². The molecule has 0 saturated heterocycles. The number of ketones is 3. The highest BCUT2D eigenvalue weighted by atomic mass is 16.3. The fourth-order valence-electron chi connectivity index (χ4n) is 8.62. The highest BCUT2D eigenvalue weighted by Gasteiger charge is 2.72. The maximum atomic E-state index is 14.5. The Morgan fingerprint density at radius 3 is 2.28 bits per heavy atom. The van der Waals surface area contributed by atoms with Crippen molar-refractivity contribution < 1.29 is 34.8 Å². The number of allylic oxidation sites excluding steroid dienone is 1. The summed E-state index contributed by atoms with van der Waals surface area (Å²) < 4.78 is 0. The van der Waals surface area contributed by atoms with E-state index in [0.717, 1.165) is 37.3 Å². The number of phenols is 1. The van der Waals surface area contributed by atoms with Crippen molar-refractivity contribution in [3.63, 3.8) is 0 Å². The molecule has 228 valence electrons. The zero-order chi connectivity index (χ0) is 31.8. The number of carbonyl (C=O) groups is 3. The lowest BCUT2D eigenvalue weighted by Crippen LogP contribution is -2.69. The molecular weight excluding hydrogens is 544 g/mol. The van der Waals surface area contributed by atoms with Gasteiger partial charge in [0, 0.05) is 22.3 Å². The molecule has 7 nitrogen and oxygen atoms in total. The van der Waals surface area contributed by atoms with Crippen molar-refractivity contribution in [3.8, 4) is 16.9 Å². The molecule has 0 aliphatic heterocycles. The maximum Gasteiger partial charge on any atom is 0.203 e. The van der Waals surface area contributed by atoms with Crippen LogP contribution < -0.4 is 0 Å². The Labute approximate surface area is 253 Å². The van der Waals surface area contributed by atoms with Gasteiger partial charge in [-0.25, -0.2) is 0 Å². The van der Waals surface area contributed by atoms with E-state index in [9.17, 15) is 34.8 Å². The van der Waals surface area contributed by atoms with Crippen molar-refractivity contribution in [3.05, 3.63) is 69.5 Å². The minimum Gasteiger partial charge on any atom is -0.508 e. The number of fused-ring (bicyclic) bond motifs is 3. The number of phenolic OH excluding ortho intramolecular Hbond substituents is 1. The van der Waals surface area contributed by atoms with Crippen molar-refractivity contribution in [1.82, 2.24) is 0 Å². The van der Waals surface area contributed by atoms with Crippen LogP contribution in [0, 0.1) is 22.7 Å². The molecule has 4 N–H and O–H groups in total. The van der Waals surface area contributed by atoms with Gasteiger partial charge in [0.25, 0.3) is 0 Å². The summed E-state index contributed by atoms with van der Waals surface area (Å²) in [6, 6.07) is 9.62. The smallest absolute Gasteiger partial charge is 0.203 e. The second-order valence-electron chi connectivity index (χ2n) is 13.5. The standard InChI is InChI=1S/C36H42O7/c1-8-10-21-11-12-22(15-20(21)9-2)23-13-14-25(38)27-24(23)16-34(6)17-35(7)28(18(3)4)30(39)26(19(5)37)32(41)36(35,43)33(42)29(34)31(27)40/h11-15,18,28,38,40-41,43H,8-10,16-17H2,1-7H3/t28?,34-,35-,36+/m1/s1. The molecule has 0 heterocycles. The minimum atomic E-state index is -2.62. The van der Waals surface area contributed by atoms with E-state index >= 15 is 0 Å². The highest BCUT2D eigenvalue weighted by Crippen LogP contribution is 2.65. The van der Waals surface area contributed by atoms with Gasteiger partial charge in [0.05, 0.1) is 5.56 Å². The molecule has 1 saturated carbocycles. The van der Waals surface area contributed by atoms with Crippen LogP contribution in [0.15, 0.2) is 47.2 Å². The first-order valence-corrected chi connectivity index (χ1v) is 15.3. The summed E-state index contributed by atoms with van der Waals surface area (Å²) in [5.41, 5.74) is -0.822. The molecule has 2 aromatic carbocycles. The van der Waals surface area contributed by atoms with Gasteiger partial charge in [-0.2, -0.15) is 0 Å². The molecule has 7 heteroatoms. The monoisotopic (exact) mass is 586 g/mol. The molecule has 0 radical (unpaired) electrons. The first-order chi connectivity index (χ1) is 20.1. The van der Waals surface area contributed by atoms with Crippen molar-refractivity contribution in [2.45, 2.75) is 86.2 Å². The summed E-state index contributed by atoms with van der Waals surface area (Å²) in [7, 11) is 0. The highest BCUT2D eigenvalue weighted by molar-refractivity contribution is 6.24. The van der Waals surface area contributed by atoms with Gasteiger partial charge in [-0.15, -0.1) is 0 Å². The molecule has 5 rings (SSSR count). The minimum absolute atomic E-state index is 0.0651. The molecule has 1 unspecified atom stereocenters. The number of aliphatic hydroxyl groups is 3. The van der Waals surface area contributed by atoms with Crippen LogP contribution in [0.1, 0.15) is 83.6 Å². The van der Waals surface area contributed by atoms with Crippen LogP contribution in [-0.4, -0.2) is 43.4 Å². The van der Waals surface area contributed by atoms with Crippen LogP contribution in [0.4, 0.5) is 0 Å². The SMILES string of the molecule is CCCc1ccc(-c2ccc(O)c3c2C[C@]2(C)C[C@]4(C)C(C(C)C)C(=O)C(C(C)=O)=C(O)[C@]4(O)C(=O)C2=C3O)cc1CC. The Balaban J connectivity index is 1.78. The predicted octanol–water partition coefficient (Wildman–Crippen LogP) is 6.37. The quantitative estimate of drug-likeness (QED) is 0.289. The van der Waals surface area contributed by atoms with Crippen LogP contribution in [0.2, 0.25) is 0 Å². The molecule has 3 aliphatic rings. The first kappa shape index (κ1) is 30.7. The number of benzene rings is 2. The number of hydrogen-bond donors (Lipinski definition) is 4. The van der Waals surface area contributed by atoms with Crippen molar-refractivity contribution in [1.29, 1.82) is 0 Å². The zero-order valence-corrected chi connectivity index (χ0v) is 26.1. The molecule has 3 aliphatic carbocycles. The van der Waals surface area contributed by atoms with Crippen molar-refractivity contribution in [2.24, 2.45) is 22.7 Å². The van der Waals surface area contributed by atoms with E-state index in [1.165, 1.54) is 17.2 Å². The Kier molecular flexibility index (Phi) is 7.28. The Bertz CT molecular complexity index is 1640. The summed E-state index contributed by atoms with van der Waals surface area (Å²) in [5.74, 6) is -5.23. The zero-order valence-electron chi connectivity index (χ0n) is 26.1. The Hall–Kier alpha value is -3.71. The summed E-state index contributed by atoms with van der Waals surface area (Å²) in [4.78, 5) is 40.8. The third kappa shape index (κ3) is 4.07. The van der Waals surface area contributed by atoms with Crippen LogP contribution in [-0.2, 0) is 33.6 Å². The van der Waals surface area contributed by atoms with Gasteiger partial charge in [0.15, 0.2) is 17.2 Å². The van der Waals surface area contributed by atoms with E-state index in [4.69, 9.17) is 0 Å². The number of hydrogen-bond acceptors (Lipinski definition) is 7. The lowest BCUT2D eigenvalue weighted by Gasteiger charge is -2.59. The van der Waals surface area contributed by atoms with E-state index in [-0.39, 0.29) is 35.6 Å². The summed E-state index contributed by atoms with van der Waals surface area (Å²) in [6.45, 7) is 12.4. The van der Waals surface area contributed by atoms with Crippen LogP contribution in [0.3, 0.4) is 0 Å². The maximum absolute atomic E-state index is 14.5. The molecule has 0 spiro atoms. The number of aryl methyl sites for hydroxylation is 2. The van der Waals surface area contributed by atoms with Gasteiger partial charge in [0.1, 0.15) is 22.8 Å². The molecule has 4 atom stereocenters. The van der Waals surface area contributed by atoms with Gasteiger partial charge in [-0.3, -0.25) is 14.4 Å². The van der Waals surface area contributed by atoms with Crippen molar-refractivity contribution in [2.75, 3.05) is 0 Å². The van der Waals surface area contributed by atoms with Crippen LogP contribution in [0.25, 0.3) is 16.9 Å². The van der Waals surface area contributed by atoms with E-state index < -0.39 is 56.8 Å². The lowest BCUT2D eigenvalue weighted by molar-refractivity contribution is -0.178. The average molecular weight is 587 g/mol. The number of carbonyl (C=O) groups excluding carboxylic acids is 3. The van der Waals surface area contributed by atoms with E-state index in [0.29, 0.717) is 5.56 Å². The second-order valence-corrected chi connectivity index (χ2v) is 13.5. The lowest BCUT2D eigenvalue weighted by atomic mass is 9.43. The van der Waals surface area contributed by atoms with Gasteiger partial charge in [-0.05, 0) is 72.4 Å². The normalized spacial score (nSPS) is 28.6. The van der Waals surface area contributed by atoms with Crippen LogP contribution >= 0.6 is 0 Å². The number of rotatable bonds is 6. The second kappa shape index (κ2) is 10.2. The van der Waals surface area contributed by atoms with E-state index in [2.05, 4.69) is 26.0 Å². The fraction of sp³-hybridized carbons (Fsp3) is 0.472. The summed E-state index contributed by atoms with van der Waals surface area (Å²) in [6.07, 6.45) is 3.15. The molecule has 0 bridgehead atoms. The molecular formula is C36H42O7. The third-order valence-corrected chi connectivity index (χ3v) is 10.3. The number of aliphatic hydroxyl groups excluding tert-OH is 2.